The van der Waals surface area contributed by atoms with Crippen LogP contribution < -0.4 is 10.1 Å². The largest absolute Gasteiger partial charge is 0.504 e. The molecule has 5 nitrogen and oxygen atoms in total. The Balaban J connectivity index is 2.35. The van der Waals surface area contributed by atoms with E-state index in [-0.39, 0.29) is 30.6 Å². The van der Waals surface area contributed by atoms with Crippen LogP contribution in [0, 0.1) is 0 Å². The van der Waals surface area contributed by atoms with Crippen LogP contribution in [0.4, 0.5) is 0 Å². The standard InChI is InChI=1S/C14H21NO4/c1-3-8-14(2,18)10-15-13(17)9-19-12-7-5-4-6-11(12)16/h4-7,16,18H,3,8-10H2,1-2H3,(H,15,17). The molecule has 0 aliphatic carbocycles. The Hall–Kier alpha value is -1.75. The molecule has 1 atom stereocenters. The molecule has 0 aliphatic heterocycles. The van der Waals surface area contributed by atoms with Crippen molar-refractivity contribution in [2.24, 2.45) is 0 Å². The van der Waals surface area contributed by atoms with Gasteiger partial charge in [0.05, 0.1) is 5.60 Å². The third-order valence-electron chi connectivity index (χ3n) is 2.68. The number of carbonyl (C=O) groups is 1. The van der Waals surface area contributed by atoms with Gasteiger partial charge in [-0.2, -0.15) is 0 Å². The molecule has 19 heavy (non-hydrogen) atoms. The molecule has 0 saturated heterocycles. The fourth-order valence-corrected chi connectivity index (χ4v) is 1.69. The van der Waals surface area contributed by atoms with Gasteiger partial charge in [-0.1, -0.05) is 25.5 Å². The van der Waals surface area contributed by atoms with Gasteiger partial charge in [0, 0.05) is 6.54 Å². The number of phenolic OH excluding ortho intramolecular Hbond substituents is 1. The van der Waals surface area contributed by atoms with Gasteiger partial charge in [0.25, 0.3) is 5.91 Å². The second-order valence-electron chi connectivity index (χ2n) is 4.78. The summed E-state index contributed by atoms with van der Waals surface area (Å²) in [4.78, 5) is 11.5. The molecule has 1 unspecified atom stereocenters. The molecule has 0 aliphatic rings. The number of ether oxygens (including phenoxy) is 1. The van der Waals surface area contributed by atoms with Crippen molar-refractivity contribution in [1.29, 1.82) is 0 Å². The smallest absolute Gasteiger partial charge is 0.258 e. The first-order valence-corrected chi connectivity index (χ1v) is 6.34. The Morgan fingerprint density at radius 2 is 2.11 bits per heavy atom. The summed E-state index contributed by atoms with van der Waals surface area (Å²) in [6.45, 7) is 3.64. The molecule has 1 amide bonds. The lowest BCUT2D eigenvalue weighted by molar-refractivity contribution is -0.124. The van der Waals surface area contributed by atoms with Gasteiger partial charge in [0.15, 0.2) is 18.1 Å². The van der Waals surface area contributed by atoms with Gasteiger partial charge in [-0.25, -0.2) is 0 Å². The maximum atomic E-state index is 11.5. The zero-order valence-electron chi connectivity index (χ0n) is 11.3. The van der Waals surface area contributed by atoms with Gasteiger partial charge in [0.1, 0.15) is 0 Å². The number of hydrogen-bond acceptors (Lipinski definition) is 4. The first kappa shape index (κ1) is 15.3. The Bertz CT molecular complexity index is 418. The van der Waals surface area contributed by atoms with Gasteiger partial charge in [-0.15, -0.1) is 0 Å². The van der Waals surface area contributed by atoms with Crippen molar-refractivity contribution in [3.05, 3.63) is 24.3 Å². The third kappa shape index (κ3) is 5.61. The van der Waals surface area contributed by atoms with Crippen LogP contribution in [0.15, 0.2) is 24.3 Å². The number of benzene rings is 1. The predicted molar refractivity (Wildman–Crippen MR) is 72.1 cm³/mol. The molecule has 0 fully saturated rings. The second-order valence-corrected chi connectivity index (χ2v) is 4.78. The van der Waals surface area contributed by atoms with Crippen molar-refractivity contribution in [2.45, 2.75) is 32.3 Å². The number of rotatable bonds is 7. The number of phenols is 1. The minimum Gasteiger partial charge on any atom is -0.504 e. The van der Waals surface area contributed by atoms with Crippen LogP contribution in [0.3, 0.4) is 0 Å². The molecular weight excluding hydrogens is 246 g/mol. The molecule has 0 bridgehead atoms. The summed E-state index contributed by atoms with van der Waals surface area (Å²) in [6.07, 6.45) is 1.46. The molecule has 1 aromatic carbocycles. The van der Waals surface area contributed by atoms with Crippen LogP contribution in [-0.4, -0.2) is 34.9 Å². The number of carbonyl (C=O) groups excluding carboxylic acids is 1. The fraction of sp³-hybridized carbons (Fsp3) is 0.500. The third-order valence-corrected chi connectivity index (χ3v) is 2.68. The average molecular weight is 267 g/mol. The highest BCUT2D eigenvalue weighted by Crippen LogP contribution is 2.23. The van der Waals surface area contributed by atoms with E-state index in [1.807, 2.05) is 6.92 Å². The Morgan fingerprint density at radius 3 is 2.74 bits per heavy atom. The van der Waals surface area contributed by atoms with Crippen molar-refractivity contribution in [3.8, 4) is 11.5 Å². The van der Waals surface area contributed by atoms with E-state index in [2.05, 4.69) is 5.32 Å². The fourth-order valence-electron chi connectivity index (χ4n) is 1.69. The number of para-hydroxylation sites is 2. The molecule has 0 saturated carbocycles. The lowest BCUT2D eigenvalue weighted by Gasteiger charge is -2.22. The molecule has 106 valence electrons. The lowest BCUT2D eigenvalue weighted by atomic mass is 10.0. The highest BCUT2D eigenvalue weighted by molar-refractivity contribution is 5.77. The molecule has 5 heteroatoms. The normalized spacial score (nSPS) is 13.6. The van der Waals surface area contributed by atoms with Crippen LogP contribution >= 0.6 is 0 Å². The zero-order chi connectivity index (χ0) is 14.3. The van der Waals surface area contributed by atoms with Crippen molar-refractivity contribution in [3.63, 3.8) is 0 Å². The monoisotopic (exact) mass is 267 g/mol. The molecular formula is C14H21NO4. The maximum absolute atomic E-state index is 11.5. The number of hydrogen-bond donors (Lipinski definition) is 3. The van der Waals surface area contributed by atoms with E-state index in [9.17, 15) is 15.0 Å². The van der Waals surface area contributed by atoms with Gasteiger partial charge < -0.3 is 20.3 Å². The summed E-state index contributed by atoms with van der Waals surface area (Å²) in [5, 5.41) is 22.0. The molecule has 0 aromatic heterocycles. The quantitative estimate of drug-likeness (QED) is 0.698. The van der Waals surface area contributed by atoms with Crippen LogP contribution in [0.1, 0.15) is 26.7 Å². The maximum Gasteiger partial charge on any atom is 0.258 e. The minimum atomic E-state index is -0.903. The summed E-state index contributed by atoms with van der Waals surface area (Å²) >= 11 is 0. The van der Waals surface area contributed by atoms with Crippen molar-refractivity contribution in [1.82, 2.24) is 5.32 Å². The summed E-state index contributed by atoms with van der Waals surface area (Å²) in [7, 11) is 0. The summed E-state index contributed by atoms with van der Waals surface area (Å²) in [6, 6.07) is 6.44. The number of aromatic hydroxyl groups is 1. The average Bonchev–Trinajstić information content (AvgIpc) is 2.35. The summed E-state index contributed by atoms with van der Waals surface area (Å²) in [5.41, 5.74) is -0.903. The van der Waals surface area contributed by atoms with Crippen molar-refractivity contribution in [2.75, 3.05) is 13.2 Å². The first-order chi connectivity index (χ1) is 8.94. The van der Waals surface area contributed by atoms with E-state index < -0.39 is 5.60 Å². The molecule has 1 aromatic rings. The van der Waals surface area contributed by atoms with E-state index in [0.717, 1.165) is 6.42 Å². The zero-order valence-corrected chi connectivity index (χ0v) is 11.3. The van der Waals surface area contributed by atoms with Gasteiger partial charge >= 0.3 is 0 Å². The Labute approximate surface area is 113 Å². The van der Waals surface area contributed by atoms with Crippen LogP contribution in [0.25, 0.3) is 0 Å². The molecule has 0 spiro atoms. The van der Waals surface area contributed by atoms with Gasteiger partial charge in [-0.3, -0.25) is 4.79 Å². The number of nitrogens with one attached hydrogen (secondary N) is 1. The van der Waals surface area contributed by atoms with Crippen molar-refractivity contribution >= 4 is 5.91 Å². The highest BCUT2D eigenvalue weighted by atomic mass is 16.5. The van der Waals surface area contributed by atoms with E-state index in [1.54, 1.807) is 25.1 Å². The Morgan fingerprint density at radius 1 is 1.42 bits per heavy atom. The number of aliphatic hydroxyl groups is 1. The highest BCUT2D eigenvalue weighted by Gasteiger charge is 2.19. The SMILES string of the molecule is CCCC(C)(O)CNC(=O)COc1ccccc1O. The van der Waals surface area contributed by atoms with Crippen molar-refractivity contribution < 1.29 is 19.7 Å². The van der Waals surface area contributed by atoms with E-state index in [0.29, 0.717) is 6.42 Å². The van der Waals surface area contributed by atoms with E-state index in [1.165, 1.54) is 6.07 Å². The molecule has 0 radical (unpaired) electrons. The summed E-state index contributed by atoms with van der Waals surface area (Å²) in [5.74, 6) is -0.0779. The van der Waals surface area contributed by atoms with E-state index in [4.69, 9.17) is 4.74 Å². The first-order valence-electron chi connectivity index (χ1n) is 6.34. The summed E-state index contributed by atoms with van der Waals surface area (Å²) < 4.78 is 5.18. The predicted octanol–water partition coefficient (Wildman–Crippen LogP) is 1.44. The van der Waals surface area contributed by atoms with Gasteiger partial charge in [-0.05, 0) is 25.5 Å². The van der Waals surface area contributed by atoms with Crippen LogP contribution in [0.2, 0.25) is 0 Å². The molecule has 3 N–H and O–H groups in total. The second kappa shape index (κ2) is 6.99. The topological polar surface area (TPSA) is 78.8 Å². The molecule has 1 rings (SSSR count). The number of amides is 1. The van der Waals surface area contributed by atoms with E-state index >= 15 is 0 Å². The minimum absolute atomic E-state index is 0.00622. The lowest BCUT2D eigenvalue weighted by Crippen LogP contribution is -2.42. The molecule has 0 heterocycles. The van der Waals surface area contributed by atoms with Gasteiger partial charge in [0.2, 0.25) is 0 Å². The van der Waals surface area contributed by atoms with Crippen LogP contribution in [0.5, 0.6) is 11.5 Å². The Kier molecular flexibility index (Phi) is 5.63. The van der Waals surface area contributed by atoms with Crippen LogP contribution in [-0.2, 0) is 4.79 Å².